The van der Waals surface area contributed by atoms with Crippen LogP contribution in [-0.4, -0.2) is 30.9 Å². The van der Waals surface area contributed by atoms with Crippen molar-refractivity contribution in [1.29, 1.82) is 0 Å². The van der Waals surface area contributed by atoms with Crippen LogP contribution in [0.3, 0.4) is 0 Å². The first-order valence-electron chi connectivity index (χ1n) is 6.21. The van der Waals surface area contributed by atoms with Gasteiger partial charge in [-0.2, -0.15) is 0 Å². The summed E-state index contributed by atoms with van der Waals surface area (Å²) in [5.74, 6) is -0.0826. The van der Waals surface area contributed by atoms with E-state index in [1.165, 1.54) is 0 Å². The van der Waals surface area contributed by atoms with Crippen molar-refractivity contribution >= 4 is 28.9 Å². The van der Waals surface area contributed by atoms with E-state index < -0.39 is 0 Å². The SMILES string of the molecule is CN(CC(=O)Nc1ccc(Cl)cc1N)CC(C)(C)C. The number of hydrogen-bond acceptors (Lipinski definition) is 3. The summed E-state index contributed by atoms with van der Waals surface area (Å²) in [7, 11) is 1.93. The summed E-state index contributed by atoms with van der Waals surface area (Å²) < 4.78 is 0. The molecule has 0 aliphatic carbocycles. The summed E-state index contributed by atoms with van der Waals surface area (Å²) in [6.45, 7) is 7.59. The predicted molar refractivity (Wildman–Crippen MR) is 81.4 cm³/mol. The fraction of sp³-hybridized carbons (Fsp3) is 0.500. The molecule has 19 heavy (non-hydrogen) atoms. The van der Waals surface area contributed by atoms with Crippen molar-refractivity contribution in [2.24, 2.45) is 5.41 Å². The summed E-state index contributed by atoms with van der Waals surface area (Å²) in [6.07, 6.45) is 0. The maximum atomic E-state index is 11.9. The molecule has 5 heteroatoms. The normalized spacial score (nSPS) is 11.7. The van der Waals surface area contributed by atoms with Gasteiger partial charge in [-0.3, -0.25) is 9.69 Å². The van der Waals surface area contributed by atoms with Crippen molar-refractivity contribution in [2.45, 2.75) is 20.8 Å². The zero-order valence-corrected chi connectivity index (χ0v) is 12.7. The molecule has 0 aromatic heterocycles. The van der Waals surface area contributed by atoms with Crippen LogP contribution in [0.25, 0.3) is 0 Å². The number of benzene rings is 1. The van der Waals surface area contributed by atoms with Crippen LogP contribution >= 0.6 is 11.6 Å². The molecule has 1 amide bonds. The number of carbonyl (C=O) groups excluding carboxylic acids is 1. The van der Waals surface area contributed by atoms with Crippen LogP contribution in [0.4, 0.5) is 11.4 Å². The standard InChI is InChI=1S/C14H22ClN3O/c1-14(2,3)9-18(4)8-13(19)17-12-6-5-10(15)7-11(12)16/h5-7H,8-9,16H2,1-4H3,(H,17,19). The second kappa shape index (κ2) is 6.26. The van der Waals surface area contributed by atoms with Gasteiger partial charge in [-0.1, -0.05) is 32.4 Å². The Morgan fingerprint density at radius 3 is 2.58 bits per heavy atom. The van der Waals surface area contributed by atoms with Crippen LogP contribution in [-0.2, 0) is 4.79 Å². The highest BCUT2D eigenvalue weighted by Crippen LogP contribution is 2.22. The molecule has 1 aromatic rings. The molecule has 0 fully saturated rings. The zero-order valence-electron chi connectivity index (χ0n) is 12.0. The first-order valence-corrected chi connectivity index (χ1v) is 6.58. The van der Waals surface area contributed by atoms with E-state index in [1.54, 1.807) is 18.2 Å². The molecule has 0 heterocycles. The van der Waals surface area contributed by atoms with Crippen molar-refractivity contribution in [2.75, 3.05) is 31.2 Å². The summed E-state index contributed by atoms with van der Waals surface area (Å²) in [6, 6.07) is 5.03. The van der Waals surface area contributed by atoms with Crippen molar-refractivity contribution < 1.29 is 4.79 Å². The van der Waals surface area contributed by atoms with Gasteiger partial charge in [0.05, 0.1) is 17.9 Å². The van der Waals surface area contributed by atoms with Crippen molar-refractivity contribution in [1.82, 2.24) is 4.90 Å². The zero-order chi connectivity index (χ0) is 14.6. The molecule has 0 saturated heterocycles. The highest BCUT2D eigenvalue weighted by molar-refractivity contribution is 6.31. The summed E-state index contributed by atoms with van der Waals surface area (Å²) in [4.78, 5) is 13.9. The molecule has 3 N–H and O–H groups in total. The monoisotopic (exact) mass is 283 g/mol. The van der Waals surface area contributed by atoms with Crippen LogP contribution in [0.5, 0.6) is 0 Å². The molecule has 0 spiro atoms. The smallest absolute Gasteiger partial charge is 0.238 e. The third-order valence-electron chi connectivity index (χ3n) is 2.45. The van der Waals surface area contributed by atoms with Crippen LogP contribution in [0, 0.1) is 5.41 Å². The molecular weight excluding hydrogens is 262 g/mol. The predicted octanol–water partition coefficient (Wildman–Crippen LogP) is 2.84. The summed E-state index contributed by atoms with van der Waals surface area (Å²) >= 11 is 5.81. The quantitative estimate of drug-likeness (QED) is 0.836. The lowest BCUT2D eigenvalue weighted by Crippen LogP contribution is -2.35. The van der Waals surface area contributed by atoms with Crippen molar-refractivity contribution in [3.05, 3.63) is 23.2 Å². The van der Waals surface area contributed by atoms with Gasteiger partial charge in [0.2, 0.25) is 5.91 Å². The molecule has 0 unspecified atom stereocenters. The van der Waals surface area contributed by atoms with Gasteiger partial charge in [0.15, 0.2) is 0 Å². The van der Waals surface area contributed by atoms with E-state index in [0.717, 1.165) is 6.54 Å². The Morgan fingerprint density at radius 2 is 2.05 bits per heavy atom. The van der Waals surface area contributed by atoms with Gasteiger partial charge in [0.25, 0.3) is 0 Å². The third kappa shape index (κ3) is 5.94. The second-order valence-electron chi connectivity index (χ2n) is 6.01. The Balaban J connectivity index is 2.56. The molecule has 0 saturated carbocycles. The number of nitrogens with two attached hydrogens (primary N) is 1. The van der Waals surface area contributed by atoms with Crippen molar-refractivity contribution in [3.63, 3.8) is 0 Å². The van der Waals surface area contributed by atoms with Crippen LogP contribution in [0.15, 0.2) is 18.2 Å². The molecule has 0 atom stereocenters. The molecule has 1 aromatic carbocycles. The molecule has 1 rings (SSSR count). The van der Waals surface area contributed by atoms with Crippen LogP contribution < -0.4 is 11.1 Å². The van der Waals surface area contributed by atoms with Gasteiger partial charge in [0, 0.05) is 11.6 Å². The van der Waals surface area contributed by atoms with Gasteiger partial charge in [-0.05, 0) is 30.7 Å². The topological polar surface area (TPSA) is 58.4 Å². The van der Waals surface area contributed by atoms with E-state index in [1.807, 2.05) is 11.9 Å². The van der Waals surface area contributed by atoms with Gasteiger partial charge >= 0.3 is 0 Å². The number of anilines is 2. The number of likely N-dealkylation sites (N-methyl/N-ethyl adjacent to an activating group) is 1. The van der Waals surface area contributed by atoms with E-state index in [2.05, 4.69) is 26.1 Å². The largest absolute Gasteiger partial charge is 0.397 e. The Hall–Kier alpha value is -1.26. The van der Waals surface area contributed by atoms with Gasteiger partial charge in [-0.25, -0.2) is 0 Å². The first-order chi connectivity index (χ1) is 8.67. The second-order valence-corrected chi connectivity index (χ2v) is 6.45. The van der Waals surface area contributed by atoms with E-state index in [-0.39, 0.29) is 11.3 Å². The van der Waals surface area contributed by atoms with Crippen LogP contribution in [0.1, 0.15) is 20.8 Å². The van der Waals surface area contributed by atoms with Gasteiger partial charge in [-0.15, -0.1) is 0 Å². The highest BCUT2D eigenvalue weighted by Gasteiger charge is 2.16. The van der Waals surface area contributed by atoms with E-state index >= 15 is 0 Å². The molecule has 106 valence electrons. The highest BCUT2D eigenvalue weighted by atomic mass is 35.5. The van der Waals surface area contributed by atoms with Gasteiger partial charge < -0.3 is 11.1 Å². The number of amides is 1. The molecule has 0 radical (unpaired) electrons. The lowest BCUT2D eigenvalue weighted by atomic mass is 9.96. The fourth-order valence-electron chi connectivity index (χ4n) is 1.95. The number of nitrogens with zero attached hydrogens (tertiary/aromatic N) is 1. The molecular formula is C14H22ClN3O. The number of hydrogen-bond donors (Lipinski definition) is 2. The number of nitrogens with one attached hydrogen (secondary N) is 1. The Labute approximate surface area is 119 Å². The minimum Gasteiger partial charge on any atom is -0.397 e. The minimum atomic E-state index is -0.0826. The lowest BCUT2D eigenvalue weighted by molar-refractivity contribution is -0.117. The molecule has 0 bridgehead atoms. The number of nitrogen functional groups attached to an aromatic ring is 1. The Morgan fingerprint density at radius 1 is 1.42 bits per heavy atom. The first kappa shape index (κ1) is 15.8. The van der Waals surface area contributed by atoms with Gasteiger partial charge in [0.1, 0.15) is 0 Å². The number of halogens is 1. The maximum Gasteiger partial charge on any atom is 0.238 e. The number of rotatable bonds is 4. The van der Waals surface area contributed by atoms with Crippen LogP contribution in [0.2, 0.25) is 5.02 Å². The van der Waals surface area contributed by atoms with Crippen molar-refractivity contribution in [3.8, 4) is 0 Å². The van der Waals surface area contributed by atoms with E-state index in [0.29, 0.717) is 22.9 Å². The third-order valence-corrected chi connectivity index (χ3v) is 2.68. The molecule has 0 aliphatic heterocycles. The Kier molecular flexibility index (Phi) is 5.20. The molecule has 4 nitrogen and oxygen atoms in total. The maximum absolute atomic E-state index is 11.9. The summed E-state index contributed by atoms with van der Waals surface area (Å²) in [5.41, 5.74) is 7.02. The average Bonchev–Trinajstić information content (AvgIpc) is 2.19. The Bertz CT molecular complexity index is 454. The fourth-order valence-corrected chi connectivity index (χ4v) is 2.13. The summed E-state index contributed by atoms with van der Waals surface area (Å²) in [5, 5.41) is 3.35. The average molecular weight is 284 g/mol. The lowest BCUT2D eigenvalue weighted by Gasteiger charge is -2.26. The minimum absolute atomic E-state index is 0.0826. The molecule has 0 aliphatic rings. The van der Waals surface area contributed by atoms with E-state index in [4.69, 9.17) is 17.3 Å². The number of carbonyl (C=O) groups is 1. The van der Waals surface area contributed by atoms with E-state index in [9.17, 15) is 4.79 Å².